The molecule has 0 aliphatic carbocycles. The summed E-state index contributed by atoms with van der Waals surface area (Å²) in [6.07, 6.45) is 1.14. The minimum Gasteiger partial charge on any atom is -0.365 e. The van der Waals surface area contributed by atoms with E-state index in [1.165, 1.54) is 4.90 Å². The minimum absolute atomic E-state index is 0.0702. The van der Waals surface area contributed by atoms with Crippen molar-refractivity contribution < 1.29 is 9.53 Å². The van der Waals surface area contributed by atoms with Crippen LogP contribution in [0.3, 0.4) is 0 Å². The Labute approximate surface area is 112 Å². The summed E-state index contributed by atoms with van der Waals surface area (Å²) in [5, 5.41) is 9.09. The number of hydrogen-bond acceptors (Lipinski definition) is 5. The van der Waals surface area contributed by atoms with Crippen LogP contribution in [0.1, 0.15) is 5.56 Å². The molecule has 2 heterocycles. The van der Waals surface area contributed by atoms with Crippen LogP contribution in [0.4, 0.5) is 5.82 Å². The van der Waals surface area contributed by atoms with Crippen LogP contribution in [-0.4, -0.2) is 55.7 Å². The number of anilines is 1. The van der Waals surface area contributed by atoms with E-state index < -0.39 is 6.10 Å². The lowest BCUT2D eigenvalue weighted by Gasteiger charge is -2.34. The summed E-state index contributed by atoms with van der Waals surface area (Å²) >= 11 is 0. The number of nitrogens with zero attached hydrogens (tertiary/aromatic N) is 4. The van der Waals surface area contributed by atoms with Crippen LogP contribution in [0.15, 0.2) is 18.3 Å². The van der Waals surface area contributed by atoms with E-state index in [9.17, 15) is 4.79 Å². The molecule has 6 nitrogen and oxygen atoms in total. The van der Waals surface area contributed by atoms with Gasteiger partial charge in [-0.25, -0.2) is 4.98 Å². The summed E-state index contributed by atoms with van der Waals surface area (Å²) in [4.78, 5) is 19.6. The number of ether oxygens (including phenoxy) is 1. The first-order valence-corrected chi connectivity index (χ1v) is 6.06. The lowest BCUT2D eigenvalue weighted by molar-refractivity contribution is -0.141. The fraction of sp³-hybridized carbons (Fsp3) is 0.462. The monoisotopic (exact) mass is 260 g/mol. The molecule has 1 aliphatic heterocycles. The summed E-state index contributed by atoms with van der Waals surface area (Å²) in [5.74, 6) is 0.545. The molecular formula is C13H16N4O2. The van der Waals surface area contributed by atoms with E-state index in [1.54, 1.807) is 32.4 Å². The van der Waals surface area contributed by atoms with Crippen molar-refractivity contribution in [2.45, 2.75) is 6.10 Å². The summed E-state index contributed by atoms with van der Waals surface area (Å²) < 4.78 is 5.48. The molecule has 1 saturated heterocycles. The zero-order valence-electron chi connectivity index (χ0n) is 11.0. The number of hydrogen-bond donors (Lipinski definition) is 0. The first-order chi connectivity index (χ1) is 9.13. The topological polar surface area (TPSA) is 69.5 Å². The maximum absolute atomic E-state index is 11.9. The predicted molar refractivity (Wildman–Crippen MR) is 69.6 cm³/mol. The van der Waals surface area contributed by atoms with Crippen molar-refractivity contribution in [2.75, 3.05) is 38.7 Å². The van der Waals surface area contributed by atoms with E-state index >= 15 is 0 Å². The maximum Gasteiger partial charge on any atom is 0.253 e. The van der Waals surface area contributed by atoms with Crippen LogP contribution in [-0.2, 0) is 9.53 Å². The fourth-order valence-corrected chi connectivity index (χ4v) is 2.02. The Hall–Kier alpha value is -2.13. The number of nitriles is 1. The summed E-state index contributed by atoms with van der Waals surface area (Å²) in [6.45, 7) is 1.50. The maximum atomic E-state index is 11.9. The zero-order chi connectivity index (χ0) is 13.8. The number of morpholine rings is 1. The Morgan fingerprint density at radius 3 is 3.11 bits per heavy atom. The summed E-state index contributed by atoms with van der Waals surface area (Å²) in [6, 6.07) is 5.57. The van der Waals surface area contributed by atoms with Gasteiger partial charge in [0.15, 0.2) is 6.10 Å². The van der Waals surface area contributed by atoms with E-state index in [2.05, 4.69) is 11.1 Å². The number of amides is 1. The highest BCUT2D eigenvalue weighted by molar-refractivity contribution is 5.81. The van der Waals surface area contributed by atoms with Crippen molar-refractivity contribution in [3.8, 4) is 6.07 Å². The average molecular weight is 260 g/mol. The fourth-order valence-electron chi connectivity index (χ4n) is 2.02. The Morgan fingerprint density at radius 1 is 1.63 bits per heavy atom. The number of carbonyl (C=O) groups excluding carboxylic acids is 1. The minimum atomic E-state index is -0.503. The number of carbonyl (C=O) groups is 1. The number of aromatic nitrogens is 1. The van der Waals surface area contributed by atoms with E-state index in [0.29, 0.717) is 31.1 Å². The van der Waals surface area contributed by atoms with Crippen LogP contribution >= 0.6 is 0 Å². The highest BCUT2D eigenvalue weighted by Gasteiger charge is 2.29. The molecule has 1 aromatic heterocycles. The second kappa shape index (κ2) is 5.67. The van der Waals surface area contributed by atoms with Crippen LogP contribution in [0.5, 0.6) is 0 Å². The Morgan fingerprint density at radius 2 is 2.42 bits per heavy atom. The molecule has 1 aromatic rings. The molecule has 0 aromatic carbocycles. The van der Waals surface area contributed by atoms with E-state index in [1.807, 2.05) is 4.90 Å². The van der Waals surface area contributed by atoms with Gasteiger partial charge in [-0.05, 0) is 12.1 Å². The van der Waals surface area contributed by atoms with Crippen molar-refractivity contribution in [1.82, 2.24) is 9.88 Å². The van der Waals surface area contributed by atoms with Crippen molar-refractivity contribution in [3.63, 3.8) is 0 Å². The molecule has 2 rings (SSSR count). The van der Waals surface area contributed by atoms with Crippen molar-refractivity contribution in [1.29, 1.82) is 5.26 Å². The van der Waals surface area contributed by atoms with Crippen LogP contribution in [0.25, 0.3) is 0 Å². The molecule has 1 unspecified atom stereocenters. The normalized spacial score (nSPS) is 18.8. The second-order valence-corrected chi connectivity index (χ2v) is 4.52. The average Bonchev–Trinajstić information content (AvgIpc) is 2.46. The molecule has 0 N–H and O–H groups in total. The van der Waals surface area contributed by atoms with Gasteiger partial charge in [-0.3, -0.25) is 4.79 Å². The quantitative estimate of drug-likeness (QED) is 0.762. The first kappa shape index (κ1) is 13.3. The lowest BCUT2D eigenvalue weighted by Crippen LogP contribution is -2.50. The van der Waals surface area contributed by atoms with Gasteiger partial charge in [0.1, 0.15) is 11.9 Å². The first-order valence-electron chi connectivity index (χ1n) is 6.06. The van der Waals surface area contributed by atoms with Gasteiger partial charge in [0, 0.05) is 26.8 Å². The summed E-state index contributed by atoms with van der Waals surface area (Å²) in [5.41, 5.74) is 0.514. The molecule has 1 amide bonds. The van der Waals surface area contributed by atoms with Crippen molar-refractivity contribution in [2.24, 2.45) is 0 Å². The molecular weight excluding hydrogens is 244 g/mol. The third kappa shape index (κ3) is 2.83. The largest absolute Gasteiger partial charge is 0.365 e. The highest BCUT2D eigenvalue weighted by Crippen LogP contribution is 2.19. The predicted octanol–water partition coefficient (Wildman–Crippen LogP) is 0.247. The molecule has 19 heavy (non-hydrogen) atoms. The zero-order valence-corrected chi connectivity index (χ0v) is 11.0. The summed E-state index contributed by atoms with van der Waals surface area (Å²) in [7, 11) is 3.40. The van der Waals surface area contributed by atoms with Crippen molar-refractivity contribution >= 4 is 11.7 Å². The molecule has 6 heteroatoms. The molecule has 1 fully saturated rings. The third-order valence-corrected chi connectivity index (χ3v) is 2.99. The van der Waals surface area contributed by atoms with Gasteiger partial charge < -0.3 is 14.5 Å². The van der Waals surface area contributed by atoms with E-state index in [0.717, 1.165) is 0 Å². The third-order valence-electron chi connectivity index (χ3n) is 2.99. The lowest BCUT2D eigenvalue weighted by atomic mass is 10.2. The Bertz CT molecular complexity index is 510. The van der Waals surface area contributed by atoms with E-state index in [4.69, 9.17) is 10.00 Å². The number of likely N-dealkylation sites (N-methyl/N-ethyl adjacent to an activating group) is 1. The Balaban J connectivity index is 2.18. The number of pyridine rings is 1. The van der Waals surface area contributed by atoms with Gasteiger partial charge in [-0.15, -0.1) is 0 Å². The van der Waals surface area contributed by atoms with E-state index in [-0.39, 0.29) is 5.91 Å². The Kier molecular flexibility index (Phi) is 3.97. The molecule has 0 bridgehead atoms. The second-order valence-electron chi connectivity index (χ2n) is 4.52. The number of rotatable bonds is 2. The van der Waals surface area contributed by atoms with Crippen LogP contribution < -0.4 is 4.90 Å². The van der Waals surface area contributed by atoms with Crippen LogP contribution in [0, 0.1) is 11.3 Å². The SMILES string of the molecule is CN(C)C(=O)C1CN(c2ncccc2C#N)CCO1. The van der Waals surface area contributed by atoms with Gasteiger partial charge in [0.25, 0.3) is 5.91 Å². The molecule has 100 valence electrons. The molecule has 1 aliphatic rings. The van der Waals surface area contributed by atoms with Crippen LogP contribution in [0.2, 0.25) is 0 Å². The van der Waals surface area contributed by atoms with Gasteiger partial charge >= 0.3 is 0 Å². The molecule has 0 saturated carbocycles. The van der Waals surface area contributed by atoms with Gasteiger partial charge in [0.2, 0.25) is 0 Å². The standard InChI is InChI=1S/C13H16N4O2/c1-16(2)13(18)11-9-17(6-7-19-11)12-10(8-14)4-3-5-15-12/h3-5,11H,6-7,9H2,1-2H3. The smallest absolute Gasteiger partial charge is 0.253 e. The van der Waals surface area contributed by atoms with Gasteiger partial charge in [-0.1, -0.05) is 0 Å². The van der Waals surface area contributed by atoms with Gasteiger partial charge in [0.05, 0.1) is 18.7 Å². The molecule has 0 spiro atoms. The highest BCUT2D eigenvalue weighted by atomic mass is 16.5. The van der Waals surface area contributed by atoms with Crippen molar-refractivity contribution in [3.05, 3.63) is 23.9 Å². The van der Waals surface area contributed by atoms with Gasteiger partial charge in [-0.2, -0.15) is 5.26 Å². The molecule has 1 atom stereocenters. The molecule has 0 radical (unpaired) electrons.